The normalized spacial score (nSPS) is 16.1. The lowest BCUT2D eigenvalue weighted by molar-refractivity contribution is 0.0578. The maximum atomic E-state index is 14.2. The number of carbonyl (C=O) groups excluding carboxylic acids is 1. The summed E-state index contributed by atoms with van der Waals surface area (Å²) >= 11 is 0. The Morgan fingerprint density at radius 3 is 2.53 bits per heavy atom. The highest BCUT2D eigenvalue weighted by molar-refractivity contribution is 6.01. The molecule has 160 valence electrons. The van der Waals surface area contributed by atoms with Gasteiger partial charge in [0.1, 0.15) is 11.6 Å². The lowest BCUT2D eigenvalue weighted by Crippen LogP contribution is -2.50. The smallest absolute Gasteiger partial charge is 0.318 e. The number of benzene rings is 2. The van der Waals surface area contributed by atoms with E-state index in [9.17, 15) is 13.6 Å². The molecular weight excluding hydrogens is 388 g/mol. The quantitative estimate of drug-likeness (QED) is 0.764. The summed E-state index contributed by atoms with van der Waals surface area (Å²) in [5.41, 5.74) is 2.71. The van der Waals surface area contributed by atoms with Crippen LogP contribution in [0.15, 0.2) is 47.6 Å². The van der Waals surface area contributed by atoms with Crippen LogP contribution >= 0.6 is 0 Å². The molecule has 0 aromatic heterocycles. The number of hydrogen-bond acceptors (Lipinski definition) is 3. The summed E-state index contributed by atoms with van der Waals surface area (Å²) in [6, 6.07) is 11.0. The van der Waals surface area contributed by atoms with Gasteiger partial charge in [0.25, 0.3) is 0 Å². The molecule has 2 aromatic carbocycles. The molecule has 0 aliphatic carbocycles. The second-order valence-electron chi connectivity index (χ2n) is 8.63. The molecule has 0 fully saturated rings. The molecule has 1 aliphatic heterocycles. The Morgan fingerprint density at radius 2 is 1.90 bits per heavy atom. The number of carbonyl (C=O) groups is 1. The summed E-state index contributed by atoms with van der Waals surface area (Å²) in [6.07, 6.45) is 0.185. The highest BCUT2D eigenvalue weighted by Crippen LogP contribution is 2.20. The van der Waals surface area contributed by atoms with Crippen molar-refractivity contribution in [2.45, 2.75) is 52.3 Å². The summed E-state index contributed by atoms with van der Waals surface area (Å²) < 4.78 is 27.4. The lowest BCUT2D eigenvalue weighted by Gasteiger charge is -2.29. The van der Waals surface area contributed by atoms with Crippen molar-refractivity contribution in [1.82, 2.24) is 10.2 Å². The van der Waals surface area contributed by atoms with Crippen molar-refractivity contribution in [1.29, 1.82) is 0 Å². The number of aryl methyl sites for hydroxylation is 1. The van der Waals surface area contributed by atoms with E-state index in [4.69, 9.17) is 4.84 Å². The van der Waals surface area contributed by atoms with Crippen molar-refractivity contribution in [3.05, 3.63) is 70.8 Å². The molecule has 7 heteroatoms. The Morgan fingerprint density at radius 1 is 1.20 bits per heavy atom. The molecule has 0 radical (unpaired) electrons. The van der Waals surface area contributed by atoms with Crippen LogP contribution in [0.3, 0.4) is 0 Å². The Hall–Kier alpha value is -2.96. The Bertz CT molecular complexity index is 936. The van der Waals surface area contributed by atoms with Gasteiger partial charge in [-0.15, -0.1) is 0 Å². The SMILES string of the molecule is Cc1ccc(C2=NO[C@H](CN(Cc3ccc(F)cc3F)C(=O)NC(C)(C)C)C2)cc1. The van der Waals surface area contributed by atoms with E-state index in [1.54, 1.807) is 0 Å². The molecule has 0 saturated heterocycles. The number of rotatable bonds is 5. The van der Waals surface area contributed by atoms with Gasteiger partial charge >= 0.3 is 6.03 Å². The molecule has 0 unspecified atom stereocenters. The van der Waals surface area contributed by atoms with Gasteiger partial charge in [-0.1, -0.05) is 41.1 Å². The molecule has 30 heavy (non-hydrogen) atoms. The fraction of sp³-hybridized carbons (Fsp3) is 0.391. The van der Waals surface area contributed by atoms with Crippen molar-refractivity contribution in [3.8, 4) is 0 Å². The first kappa shape index (κ1) is 21.7. The van der Waals surface area contributed by atoms with E-state index in [1.165, 1.54) is 17.0 Å². The van der Waals surface area contributed by atoms with E-state index in [1.807, 2.05) is 52.0 Å². The van der Waals surface area contributed by atoms with Crippen molar-refractivity contribution in [2.75, 3.05) is 6.54 Å². The fourth-order valence-electron chi connectivity index (χ4n) is 3.16. The van der Waals surface area contributed by atoms with Crippen LogP contribution in [-0.2, 0) is 11.4 Å². The Balaban J connectivity index is 1.72. The van der Waals surface area contributed by atoms with Gasteiger partial charge in [0.2, 0.25) is 0 Å². The van der Waals surface area contributed by atoms with Crippen LogP contribution in [-0.4, -0.2) is 34.8 Å². The average molecular weight is 415 g/mol. The van der Waals surface area contributed by atoms with Crippen molar-refractivity contribution in [3.63, 3.8) is 0 Å². The van der Waals surface area contributed by atoms with Crippen LogP contribution < -0.4 is 5.32 Å². The maximum Gasteiger partial charge on any atom is 0.318 e. The third-order valence-corrected chi connectivity index (χ3v) is 4.69. The van der Waals surface area contributed by atoms with Crippen LogP contribution in [0.4, 0.5) is 13.6 Å². The van der Waals surface area contributed by atoms with Gasteiger partial charge in [-0.25, -0.2) is 13.6 Å². The van der Waals surface area contributed by atoms with Crippen molar-refractivity contribution in [2.24, 2.45) is 5.16 Å². The topological polar surface area (TPSA) is 53.9 Å². The van der Waals surface area contributed by atoms with E-state index in [2.05, 4.69) is 10.5 Å². The summed E-state index contributed by atoms with van der Waals surface area (Å²) in [5, 5.41) is 7.07. The summed E-state index contributed by atoms with van der Waals surface area (Å²) in [4.78, 5) is 19.9. The van der Waals surface area contributed by atoms with Gasteiger partial charge in [-0.05, 0) is 39.3 Å². The average Bonchev–Trinajstić information content (AvgIpc) is 3.11. The zero-order valence-electron chi connectivity index (χ0n) is 17.7. The number of halogens is 2. The van der Waals surface area contributed by atoms with Crippen LogP contribution in [0, 0.1) is 18.6 Å². The molecule has 2 aromatic rings. The minimum atomic E-state index is -0.688. The second-order valence-corrected chi connectivity index (χ2v) is 8.63. The standard InChI is InChI=1S/C23H27F2N3O2/c1-15-5-7-16(8-6-15)21-12-19(30-27-21)14-28(22(29)26-23(2,3)4)13-17-9-10-18(24)11-20(17)25/h5-11,19H,12-14H2,1-4H3,(H,26,29)/t19-/m0/s1. The maximum absolute atomic E-state index is 14.2. The van der Waals surface area contributed by atoms with Crippen LogP contribution in [0.5, 0.6) is 0 Å². The second kappa shape index (κ2) is 8.81. The van der Waals surface area contributed by atoms with E-state index < -0.39 is 17.2 Å². The van der Waals surface area contributed by atoms with Gasteiger partial charge in [0.15, 0.2) is 6.10 Å². The first-order valence-electron chi connectivity index (χ1n) is 9.91. The zero-order chi connectivity index (χ0) is 21.9. The summed E-state index contributed by atoms with van der Waals surface area (Å²) in [6.45, 7) is 7.83. The largest absolute Gasteiger partial charge is 0.390 e. The molecule has 3 rings (SSSR count). The zero-order valence-corrected chi connectivity index (χ0v) is 17.7. The molecular formula is C23H27F2N3O2. The van der Waals surface area contributed by atoms with Crippen LogP contribution in [0.1, 0.15) is 43.9 Å². The van der Waals surface area contributed by atoms with Gasteiger partial charge in [0, 0.05) is 23.6 Å². The first-order valence-corrected chi connectivity index (χ1v) is 9.91. The molecule has 1 atom stereocenters. The predicted octanol–water partition coefficient (Wildman–Crippen LogP) is 4.78. The molecule has 1 N–H and O–H groups in total. The number of urea groups is 1. The van der Waals surface area contributed by atoms with Gasteiger partial charge in [-0.3, -0.25) is 0 Å². The third-order valence-electron chi connectivity index (χ3n) is 4.69. The highest BCUT2D eigenvalue weighted by Gasteiger charge is 2.28. The van der Waals surface area contributed by atoms with Crippen molar-refractivity contribution < 1.29 is 18.4 Å². The molecule has 1 aliphatic rings. The molecule has 5 nitrogen and oxygen atoms in total. The number of amides is 2. The monoisotopic (exact) mass is 415 g/mol. The van der Waals surface area contributed by atoms with E-state index in [-0.39, 0.29) is 30.8 Å². The van der Waals surface area contributed by atoms with Crippen molar-refractivity contribution >= 4 is 11.7 Å². The van der Waals surface area contributed by atoms with E-state index >= 15 is 0 Å². The number of hydrogen-bond donors (Lipinski definition) is 1. The van der Waals surface area contributed by atoms with Crippen LogP contribution in [0.2, 0.25) is 0 Å². The minimum absolute atomic E-state index is 0.00620. The predicted molar refractivity (Wildman–Crippen MR) is 112 cm³/mol. The molecule has 0 bridgehead atoms. The Kier molecular flexibility index (Phi) is 6.39. The highest BCUT2D eigenvalue weighted by atomic mass is 19.1. The Labute approximate surface area is 175 Å². The van der Waals surface area contributed by atoms with E-state index in [0.29, 0.717) is 6.42 Å². The van der Waals surface area contributed by atoms with Gasteiger partial charge in [0.05, 0.1) is 18.8 Å². The minimum Gasteiger partial charge on any atom is -0.390 e. The molecule has 2 amide bonds. The van der Waals surface area contributed by atoms with E-state index in [0.717, 1.165) is 22.9 Å². The number of oxime groups is 1. The fourth-order valence-corrected chi connectivity index (χ4v) is 3.16. The number of nitrogens with one attached hydrogen (secondary N) is 1. The molecule has 1 heterocycles. The number of nitrogens with zero attached hydrogens (tertiary/aromatic N) is 2. The summed E-state index contributed by atoms with van der Waals surface area (Å²) in [5.74, 6) is -1.34. The lowest BCUT2D eigenvalue weighted by atomic mass is 10.0. The molecule has 0 spiro atoms. The first-order chi connectivity index (χ1) is 14.1. The summed E-state index contributed by atoms with van der Waals surface area (Å²) in [7, 11) is 0. The van der Waals surface area contributed by atoms with Crippen LogP contribution in [0.25, 0.3) is 0 Å². The van der Waals surface area contributed by atoms with Gasteiger partial charge in [-0.2, -0.15) is 0 Å². The third kappa shape index (κ3) is 5.78. The van der Waals surface area contributed by atoms with Gasteiger partial charge < -0.3 is 15.1 Å². The molecule has 0 saturated carbocycles.